The molecule has 1 fully saturated rings. The van der Waals surface area contributed by atoms with E-state index in [1.54, 1.807) is 6.08 Å². The molecule has 2 aromatic rings. The maximum absolute atomic E-state index is 12.6. The number of nitrogens with zero attached hydrogens (tertiary/aromatic N) is 1. The summed E-state index contributed by atoms with van der Waals surface area (Å²) in [5.41, 5.74) is 0.854. The Morgan fingerprint density at radius 1 is 1.20 bits per heavy atom. The lowest BCUT2D eigenvalue weighted by Crippen LogP contribution is -2.31. The molecular weight excluding hydrogens is 492 g/mol. The van der Waals surface area contributed by atoms with Crippen LogP contribution in [0.1, 0.15) is 22.3 Å². The number of phenols is 1. The van der Waals surface area contributed by atoms with Gasteiger partial charge in [-0.05, 0) is 35.9 Å². The van der Waals surface area contributed by atoms with Crippen molar-refractivity contribution in [3.63, 3.8) is 0 Å². The van der Waals surface area contributed by atoms with E-state index in [9.17, 15) is 19.5 Å². The molecule has 3 N–H and O–H groups in total. The number of aromatic hydroxyl groups is 1. The predicted molar refractivity (Wildman–Crippen MR) is 122 cm³/mol. The Balaban J connectivity index is 1.60. The van der Waals surface area contributed by atoms with E-state index in [1.807, 2.05) is 24.3 Å². The first-order valence-corrected chi connectivity index (χ1v) is 10.6. The highest BCUT2D eigenvalue weighted by Crippen LogP contribution is 2.33. The van der Waals surface area contributed by atoms with Crippen LogP contribution in [0.3, 0.4) is 0 Å². The van der Waals surface area contributed by atoms with Crippen LogP contribution in [0, 0.1) is 0 Å². The van der Waals surface area contributed by atoms with Crippen LogP contribution < -0.4 is 5.32 Å². The standard InChI is InChI=1S/C20H15BrN2O5S2/c21-12-3-1-11(2-4-12)9-16-18(26)23(20(29)30-16)8-7-17(25)22-13-5-6-14(19(27)28)15(24)10-13/h1-6,9-10,24H,7-8H2,(H,22,25)(H,27,28)/b16-9-. The second-order valence-corrected chi connectivity index (χ2v) is 8.81. The number of anilines is 1. The summed E-state index contributed by atoms with van der Waals surface area (Å²) in [5, 5.41) is 21.2. The van der Waals surface area contributed by atoms with Crippen LogP contribution in [0.25, 0.3) is 6.08 Å². The molecule has 30 heavy (non-hydrogen) atoms. The van der Waals surface area contributed by atoms with Gasteiger partial charge in [-0.3, -0.25) is 14.5 Å². The normalized spacial score (nSPS) is 15.0. The lowest BCUT2D eigenvalue weighted by Gasteiger charge is -2.14. The van der Waals surface area contributed by atoms with Gasteiger partial charge in [0.1, 0.15) is 15.6 Å². The number of hydrogen-bond acceptors (Lipinski definition) is 6. The molecule has 0 atom stereocenters. The van der Waals surface area contributed by atoms with Crippen molar-refractivity contribution >= 4 is 73.8 Å². The Labute approximate surface area is 189 Å². The van der Waals surface area contributed by atoms with Crippen molar-refractivity contribution in [2.24, 2.45) is 0 Å². The second-order valence-electron chi connectivity index (χ2n) is 6.22. The highest BCUT2D eigenvalue weighted by Gasteiger charge is 2.32. The molecule has 154 valence electrons. The summed E-state index contributed by atoms with van der Waals surface area (Å²) < 4.78 is 1.31. The zero-order valence-electron chi connectivity index (χ0n) is 15.3. The first kappa shape index (κ1) is 22.0. The Morgan fingerprint density at radius 3 is 2.53 bits per heavy atom. The van der Waals surface area contributed by atoms with Crippen molar-refractivity contribution in [1.82, 2.24) is 4.90 Å². The smallest absolute Gasteiger partial charge is 0.339 e. The van der Waals surface area contributed by atoms with Gasteiger partial charge in [0, 0.05) is 29.2 Å². The molecule has 0 aromatic heterocycles. The van der Waals surface area contributed by atoms with Crippen LogP contribution in [-0.4, -0.2) is 43.8 Å². The van der Waals surface area contributed by atoms with E-state index in [2.05, 4.69) is 21.2 Å². The molecule has 1 aliphatic heterocycles. The number of amides is 2. The zero-order valence-corrected chi connectivity index (χ0v) is 18.5. The molecule has 0 bridgehead atoms. The van der Waals surface area contributed by atoms with E-state index < -0.39 is 17.6 Å². The van der Waals surface area contributed by atoms with Gasteiger partial charge in [0.15, 0.2) is 0 Å². The molecule has 2 amide bonds. The number of rotatable bonds is 6. The van der Waals surface area contributed by atoms with E-state index in [0.717, 1.165) is 16.1 Å². The number of hydrogen-bond donors (Lipinski definition) is 3. The highest BCUT2D eigenvalue weighted by atomic mass is 79.9. The minimum absolute atomic E-state index is 0.0144. The zero-order chi connectivity index (χ0) is 21.8. The second kappa shape index (κ2) is 9.41. The third-order valence-corrected chi connectivity index (χ3v) is 6.02. The van der Waals surface area contributed by atoms with E-state index in [-0.39, 0.29) is 30.1 Å². The first-order valence-electron chi connectivity index (χ1n) is 8.61. The van der Waals surface area contributed by atoms with Gasteiger partial charge in [0.05, 0.1) is 4.91 Å². The quantitative estimate of drug-likeness (QED) is 0.400. The van der Waals surface area contributed by atoms with E-state index in [1.165, 1.54) is 28.8 Å². The number of nitrogens with one attached hydrogen (secondary N) is 1. The fraction of sp³-hybridized carbons (Fsp3) is 0.100. The summed E-state index contributed by atoms with van der Waals surface area (Å²) in [5.74, 6) is -2.38. The molecule has 1 heterocycles. The maximum Gasteiger partial charge on any atom is 0.339 e. The monoisotopic (exact) mass is 506 g/mol. The first-order chi connectivity index (χ1) is 14.2. The third kappa shape index (κ3) is 5.26. The van der Waals surface area contributed by atoms with Crippen molar-refractivity contribution in [2.75, 3.05) is 11.9 Å². The number of thioether (sulfide) groups is 1. The molecule has 0 aliphatic carbocycles. The Morgan fingerprint density at radius 2 is 1.90 bits per heavy atom. The van der Waals surface area contributed by atoms with Gasteiger partial charge in [-0.1, -0.05) is 52.0 Å². The topological polar surface area (TPSA) is 107 Å². The molecule has 1 aliphatic rings. The Kier molecular flexibility index (Phi) is 6.91. The lowest BCUT2D eigenvalue weighted by molar-refractivity contribution is -0.122. The van der Waals surface area contributed by atoms with Crippen molar-refractivity contribution in [1.29, 1.82) is 0 Å². The van der Waals surface area contributed by atoms with Crippen LogP contribution in [0.2, 0.25) is 0 Å². The van der Waals surface area contributed by atoms with Gasteiger partial charge in [0.2, 0.25) is 5.91 Å². The fourth-order valence-electron chi connectivity index (χ4n) is 2.63. The number of carbonyl (C=O) groups is 3. The van der Waals surface area contributed by atoms with Crippen molar-refractivity contribution in [2.45, 2.75) is 6.42 Å². The molecule has 0 unspecified atom stereocenters. The largest absolute Gasteiger partial charge is 0.507 e. The van der Waals surface area contributed by atoms with Crippen molar-refractivity contribution in [3.8, 4) is 5.75 Å². The molecule has 0 radical (unpaired) electrons. The molecule has 0 saturated carbocycles. The molecule has 3 rings (SSSR count). The van der Waals surface area contributed by atoms with Crippen molar-refractivity contribution < 1.29 is 24.6 Å². The van der Waals surface area contributed by atoms with Gasteiger partial charge < -0.3 is 15.5 Å². The fourth-order valence-corrected chi connectivity index (χ4v) is 4.20. The summed E-state index contributed by atoms with van der Waals surface area (Å²) in [6.07, 6.45) is 1.73. The van der Waals surface area contributed by atoms with Crippen LogP contribution in [0.5, 0.6) is 5.75 Å². The number of aromatic carboxylic acids is 1. The summed E-state index contributed by atoms with van der Waals surface area (Å²) >= 11 is 9.81. The number of carbonyl (C=O) groups excluding carboxylic acids is 2. The maximum atomic E-state index is 12.6. The predicted octanol–water partition coefficient (Wildman–Crippen LogP) is 4.08. The van der Waals surface area contributed by atoms with E-state index >= 15 is 0 Å². The number of carboxylic acid groups (broad SMARTS) is 1. The molecular formula is C20H15BrN2O5S2. The van der Waals surface area contributed by atoms with Crippen LogP contribution in [0.15, 0.2) is 51.8 Å². The SMILES string of the molecule is O=C(CCN1C(=O)/C(=C/c2ccc(Br)cc2)SC1=S)Nc1ccc(C(=O)O)c(O)c1. The van der Waals surface area contributed by atoms with E-state index in [4.69, 9.17) is 17.3 Å². The van der Waals surface area contributed by atoms with Crippen LogP contribution in [-0.2, 0) is 9.59 Å². The van der Waals surface area contributed by atoms with Gasteiger partial charge >= 0.3 is 5.97 Å². The lowest BCUT2D eigenvalue weighted by atomic mass is 10.2. The van der Waals surface area contributed by atoms with E-state index in [0.29, 0.717) is 9.23 Å². The summed E-state index contributed by atoms with van der Waals surface area (Å²) in [7, 11) is 0. The highest BCUT2D eigenvalue weighted by molar-refractivity contribution is 9.10. The molecule has 1 saturated heterocycles. The number of thiocarbonyl (C=S) groups is 1. The molecule has 2 aromatic carbocycles. The minimum atomic E-state index is -1.27. The average Bonchev–Trinajstić information content (AvgIpc) is 2.94. The molecule has 10 heteroatoms. The number of carboxylic acids is 1. The average molecular weight is 507 g/mol. The van der Waals surface area contributed by atoms with Gasteiger partial charge in [-0.15, -0.1) is 0 Å². The minimum Gasteiger partial charge on any atom is -0.507 e. The number of halogens is 1. The molecule has 0 spiro atoms. The number of benzene rings is 2. The van der Waals surface area contributed by atoms with Crippen LogP contribution in [0.4, 0.5) is 5.69 Å². The van der Waals surface area contributed by atoms with Crippen LogP contribution >= 0.6 is 39.9 Å². The summed E-state index contributed by atoms with van der Waals surface area (Å²) in [6.45, 7) is 0.105. The third-order valence-electron chi connectivity index (χ3n) is 4.12. The van der Waals surface area contributed by atoms with Gasteiger partial charge in [0.25, 0.3) is 5.91 Å². The van der Waals surface area contributed by atoms with Gasteiger partial charge in [-0.25, -0.2) is 4.79 Å². The van der Waals surface area contributed by atoms with Crippen molar-refractivity contribution in [3.05, 3.63) is 63.0 Å². The van der Waals surface area contributed by atoms with Gasteiger partial charge in [-0.2, -0.15) is 0 Å². The Hall–Kier alpha value is -2.69. The summed E-state index contributed by atoms with van der Waals surface area (Å²) in [4.78, 5) is 37.6. The molecule has 7 nitrogen and oxygen atoms in total. The summed E-state index contributed by atoms with van der Waals surface area (Å²) in [6, 6.07) is 11.2. The Bertz CT molecular complexity index is 1070.